The van der Waals surface area contributed by atoms with Gasteiger partial charge in [-0.3, -0.25) is 4.79 Å². The van der Waals surface area contributed by atoms with Gasteiger partial charge in [-0.15, -0.1) is 0 Å². The maximum absolute atomic E-state index is 12.5. The first kappa shape index (κ1) is 15.9. The van der Waals surface area contributed by atoms with E-state index in [2.05, 4.69) is 17.1 Å². The van der Waals surface area contributed by atoms with Gasteiger partial charge in [0.2, 0.25) is 5.91 Å². The van der Waals surface area contributed by atoms with Crippen molar-refractivity contribution >= 4 is 5.91 Å². The lowest BCUT2D eigenvalue weighted by atomic mass is 9.47. The highest BCUT2D eigenvalue weighted by Crippen LogP contribution is 2.62. The van der Waals surface area contributed by atoms with Gasteiger partial charge in [0.25, 0.3) is 0 Å². The van der Waals surface area contributed by atoms with E-state index in [0.717, 1.165) is 38.9 Å². The summed E-state index contributed by atoms with van der Waals surface area (Å²) in [5.41, 5.74) is -0.342. The molecule has 130 valence electrons. The van der Waals surface area contributed by atoms with Gasteiger partial charge < -0.3 is 15.3 Å². The van der Waals surface area contributed by atoms with E-state index in [1.54, 1.807) is 0 Å². The summed E-state index contributed by atoms with van der Waals surface area (Å²) in [5.74, 6) is 2.19. The number of carbonyl (C=O) groups excluding carboxylic acids is 1. The molecule has 0 radical (unpaired) electrons. The third kappa shape index (κ3) is 3.17. The Kier molecular flexibility index (Phi) is 3.96. The molecule has 1 aliphatic heterocycles. The van der Waals surface area contributed by atoms with Gasteiger partial charge in [0, 0.05) is 19.5 Å². The molecule has 0 aromatic carbocycles. The Morgan fingerprint density at radius 2 is 2.00 bits per heavy atom. The number of hydrogen-bond acceptors (Lipinski definition) is 3. The molecule has 0 aromatic heterocycles. The zero-order valence-corrected chi connectivity index (χ0v) is 14.5. The fraction of sp³-hybridized carbons (Fsp3) is 0.947. The minimum Gasteiger partial charge on any atom is -0.390 e. The van der Waals surface area contributed by atoms with Crippen LogP contribution in [-0.2, 0) is 4.79 Å². The lowest BCUT2D eigenvalue weighted by Crippen LogP contribution is -2.56. The van der Waals surface area contributed by atoms with Crippen LogP contribution in [0.25, 0.3) is 0 Å². The molecule has 4 bridgehead atoms. The number of rotatable bonds is 5. The van der Waals surface area contributed by atoms with Crippen LogP contribution in [0.2, 0.25) is 0 Å². The summed E-state index contributed by atoms with van der Waals surface area (Å²) in [6.07, 6.45) is 8.34. The molecule has 23 heavy (non-hydrogen) atoms. The SMILES string of the molecule is CCN1CCC(CNC(=O)CC23CC4CC(CC(O)(C4)C2)C3)C1. The van der Waals surface area contributed by atoms with Gasteiger partial charge >= 0.3 is 0 Å². The largest absolute Gasteiger partial charge is 0.390 e. The second-order valence-electron chi connectivity index (χ2n) is 9.21. The Bertz CT molecular complexity index is 464. The maximum atomic E-state index is 12.5. The zero-order chi connectivity index (χ0) is 16.1. The fourth-order valence-electron chi connectivity index (χ4n) is 6.64. The first-order chi connectivity index (χ1) is 11.0. The van der Waals surface area contributed by atoms with E-state index in [0.29, 0.717) is 24.2 Å². The number of aliphatic hydroxyl groups is 1. The lowest BCUT2D eigenvalue weighted by molar-refractivity contribution is -0.169. The summed E-state index contributed by atoms with van der Waals surface area (Å²) >= 11 is 0. The van der Waals surface area contributed by atoms with Gasteiger partial charge in [-0.05, 0) is 81.2 Å². The van der Waals surface area contributed by atoms with Crippen molar-refractivity contribution in [3.63, 3.8) is 0 Å². The quantitative estimate of drug-likeness (QED) is 0.816. The van der Waals surface area contributed by atoms with E-state index < -0.39 is 5.60 Å². The van der Waals surface area contributed by atoms with Crippen molar-refractivity contribution in [3.8, 4) is 0 Å². The molecule has 5 fully saturated rings. The smallest absolute Gasteiger partial charge is 0.220 e. The van der Waals surface area contributed by atoms with E-state index in [-0.39, 0.29) is 11.3 Å². The molecule has 4 heteroatoms. The Hall–Kier alpha value is -0.610. The summed E-state index contributed by atoms with van der Waals surface area (Å²) < 4.78 is 0. The molecule has 4 aliphatic carbocycles. The number of nitrogens with one attached hydrogen (secondary N) is 1. The Balaban J connectivity index is 1.31. The van der Waals surface area contributed by atoms with E-state index in [1.165, 1.54) is 32.2 Å². The molecule has 2 N–H and O–H groups in total. The highest BCUT2D eigenvalue weighted by Gasteiger charge is 2.57. The summed E-state index contributed by atoms with van der Waals surface area (Å²) in [4.78, 5) is 15.0. The monoisotopic (exact) mass is 320 g/mol. The van der Waals surface area contributed by atoms with Crippen LogP contribution >= 0.6 is 0 Å². The Morgan fingerprint density at radius 1 is 1.26 bits per heavy atom. The molecule has 1 saturated heterocycles. The van der Waals surface area contributed by atoms with E-state index in [4.69, 9.17) is 0 Å². The van der Waals surface area contributed by atoms with Gasteiger partial charge in [-0.1, -0.05) is 6.92 Å². The number of nitrogens with zero attached hydrogens (tertiary/aromatic N) is 1. The normalized spacial score (nSPS) is 45.6. The molecule has 3 unspecified atom stereocenters. The van der Waals surface area contributed by atoms with E-state index >= 15 is 0 Å². The molecule has 0 aromatic rings. The molecule has 4 saturated carbocycles. The van der Waals surface area contributed by atoms with Crippen molar-refractivity contribution in [2.24, 2.45) is 23.2 Å². The molecule has 0 spiro atoms. The average molecular weight is 320 g/mol. The minimum atomic E-state index is -0.447. The van der Waals surface area contributed by atoms with Gasteiger partial charge in [0.1, 0.15) is 0 Å². The molecule has 3 atom stereocenters. The molecule has 5 rings (SSSR count). The molecular weight excluding hydrogens is 288 g/mol. The molecule has 1 heterocycles. The van der Waals surface area contributed by atoms with Gasteiger partial charge in [0.15, 0.2) is 0 Å². The lowest BCUT2D eigenvalue weighted by Gasteiger charge is -2.60. The number of hydrogen-bond donors (Lipinski definition) is 2. The second-order valence-corrected chi connectivity index (χ2v) is 9.21. The van der Waals surface area contributed by atoms with E-state index in [9.17, 15) is 9.90 Å². The fourth-order valence-corrected chi connectivity index (χ4v) is 6.64. The summed E-state index contributed by atoms with van der Waals surface area (Å²) in [7, 11) is 0. The highest BCUT2D eigenvalue weighted by molar-refractivity contribution is 5.76. The Morgan fingerprint density at radius 3 is 2.61 bits per heavy atom. The molecule has 1 amide bonds. The van der Waals surface area contributed by atoms with Crippen molar-refractivity contribution in [2.75, 3.05) is 26.2 Å². The maximum Gasteiger partial charge on any atom is 0.220 e. The third-order valence-corrected chi connectivity index (χ3v) is 7.09. The van der Waals surface area contributed by atoms with Crippen LogP contribution in [0.5, 0.6) is 0 Å². The number of likely N-dealkylation sites (tertiary alicyclic amines) is 1. The predicted octanol–water partition coefficient (Wildman–Crippen LogP) is 2.17. The van der Waals surface area contributed by atoms with Crippen molar-refractivity contribution in [1.82, 2.24) is 10.2 Å². The van der Waals surface area contributed by atoms with Crippen molar-refractivity contribution in [2.45, 2.75) is 63.9 Å². The Labute approximate surface area is 140 Å². The topological polar surface area (TPSA) is 52.6 Å². The average Bonchev–Trinajstić information content (AvgIpc) is 2.90. The predicted molar refractivity (Wildman–Crippen MR) is 89.9 cm³/mol. The standard InChI is InChI=1S/C19H32N2O2/c1-2-21-4-3-14(12-21)11-20-17(22)10-18-6-15-5-16(7-18)9-19(23,8-15)13-18/h14-16,23H,2-13H2,1H3,(H,20,22). The summed E-state index contributed by atoms with van der Waals surface area (Å²) in [5, 5.41) is 14.0. The van der Waals surface area contributed by atoms with Crippen molar-refractivity contribution < 1.29 is 9.90 Å². The van der Waals surface area contributed by atoms with Crippen LogP contribution in [0, 0.1) is 23.2 Å². The number of carbonyl (C=O) groups is 1. The van der Waals surface area contributed by atoms with Crippen LogP contribution in [0.1, 0.15) is 58.3 Å². The van der Waals surface area contributed by atoms with E-state index in [1.807, 2.05) is 0 Å². The van der Waals surface area contributed by atoms with Gasteiger partial charge in [-0.2, -0.15) is 0 Å². The first-order valence-electron chi connectivity index (χ1n) is 9.69. The van der Waals surface area contributed by atoms with Crippen LogP contribution in [0.3, 0.4) is 0 Å². The first-order valence-corrected chi connectivity index (χ1v) is 9.69. The second kappa shape index (κ2) is 5.73. The van der Waals surface area contributed by atoms with Crippen LogP contribution < -0.4 is 5.32 Å². The summed E-state index contributed by atoms with van der Waals surface area (Å²) in [6, 6.07) is 0. The minimum absolute atomic E-state index is 0.105. The van der Waals surface area contributed by atoms with Gasteiger partial charge in [0.05, 0.1) is 5.60 Å². The number of amides is 1. The van der Waals surface area contributed by atoms with Crippen molar-refractivity contribution in [3.05, 3.63) is 0 Å². The summed E-state index contributed by atoms with van der Waals surface area (Å²) in [6.45, 7) is 6.47. The van der Waals surface area contributed by atoms with Crippen LogP contribution in [-0.4, -0.2) is 47.7 Å². The third-order valence-electron chi connectivity index (χ3n) is 7.09. The van der Waals surface area contributed by atoms with Gasteiger partial charge in [-0.25, -0.2) is 0 Å². The van der Waals surface area contributed by atoms with Crippen LogP contribution in [0.15, 0.2) is 0 Å². The highest BCUT2D eigenvalue weighted by atomic mass is 16.3. The molecule has 4 nitrogen and oxygen atoms in total. The van der Waals surface area contributed by atoms with Crippen molar-refractivity contribution in [1.29, 1.82) is 0 Å². The molecular formula is C19H32N2O2. The molecule has 5 aliphatic rings. The van der Waals surface area contributed by atoms with Crippen LogP contribution in [0.4, 0.5) is 0 Å². The zero-order valence-electron chi connectivity index (χ0n) is 14.5.